The molecule has 2 aromatic heterocycles. The molecule has 0 aliphatic heterocycles. The topological polar surface area (TPSA) is 56.0 Å². The second-order valence-corrected chi connectivity index (χ2v) is 6.12. The number of aryl methyl sites for hydroxylation is 2. The first-order valence-electron chi connectivity index (χ1n) is 7.22. The monoisotopic (exact) mass is 323 g/mol. The molecule has 0 radical (unpaired) electrons. The molecule has 1 unspecified atom stereocenters. The van der Waals surface area contributed by atoms with Crippen molar-refractivity contribution in [1.82, 2.24) is 24.5 Å². The maximum atomic E-state index is 12.5. The predicted molar refractivity (Wildman–Crippen MR) is 85.6 cm³/mol. The first-order valence-corrected chi connectivity index (χ1v) is 7.60. The summed E-state index contributed by atoms with van der Waals surface area (Å²) in [4.78, 5) is 14.2. The van der Waals surface area contributed by atoms with Gasteiger partial charge in [-0.25, -0.2) is 0 Å². The number of halogens is 1. The Morgan fingerprint density at radius 1 is 1.41 bits per heavy atom. The second kappa shape index (κ2) is 6.52. The first kappa shape index (κ1) is 16.5. The molecule has 0 aliphatic rings. The smallest absolute Gasteiger partial charge is 0.227 e. The third kappa shape index (κ3) is 3.50. The van der Waals surface area contributed by atoms with E-state index in [0.717, 1.165) is 17.1 Å². The minimum atomic E-state index is -0.178. The highest BCUT2D eigenvalue weighted by Gasteiger charge is 2.21. The maximum absolute atomic E-state index is 12.5. The van der Waals surface area contributed by atoms with Gasteiger partial charge < -0.3 is 4.90 Å². The van der Waals surface area contributed by atoms with Gasteiger partial charge >= 0.3 is 0 Å². The lowest BCUT2D eigenvalue weighted by Gasteiger charge is -2.21. The largest absolute Gasteiger partial charge is 0.339 e. The zero-order chi connectivity index (χ0) is 16.4. The summed E-state index contributed by atoms with van der Waals surface area (Å²) in [6.07, 6.45) is 1.87. The molecule has 0 saturated heterocycles. The van der Waals surface area contributed by atoms with E-state index in [0.29, 0.717) is 18.1 Å². The van der Waals surface area contributed by atoms with Crippen molar-refractivity contribution in [3.8, 4) is 0 Å². The van der Waals surface area contributed by atoms with Gasteiger partial charge in [0.1, 0.15) is 0 Å². The quantitative estimate of drug-likeness (QED) is 0.847. The van der Waals surface area contributed by atoms with Gasteiger partial charge in [-0.15, -0.1) is 0 Å². The lowest BCUT2D eigenvalue weighted by atomic mass is 10.1. The van der Waals surface area contributed by atoms with E-state index in [-0.39, 0.29) is 11.8 Å². The minimum absolute atomic E-state index is 0.0642. The van der Waals surface area contributed by atoms with Crippen LogP contribution in [-0.2, 0) is 24.9 Å². The molecule has 1 amide bonds. The van der Waals surface area contributed by atoms with Crippen molar-refractivity contribution in [2.24, 2.45) is 13.0 Å². The number of hydrogen-bond donors (Lipinski definition) is 0. The van der Waals surface area contributed by atoms with E-state index in [1.807, 2.05) is 40.1 Å². The Kier molecular flexibility index (Phi) is 4.90. The molecule has 120 valence electrons. The molecule has 0 N–H and O–H groups in total. The van der Waals surface area contributed by atoms with Gasteiger partial charge in [0.15, 0.2) is 0 Å². The fourth-order valence-electron chi connectivity index (χ4n) is 2.43. The van der Waals surface area contributed by atoms with Crippen LogP contribution in [0.5, 0.6) is 0 Å². The van der Waals surface area contributed by atoms with Crippen molar-refractivity contribution >= 4 is 17.5 Å². The van der Waals surface area contributed by atoms with Crippen LogP contribution in [0.3, 0.4) is 0 Å². The van der Waals surface area contributed by atoms with Crippen molar-refractivity contribution in [3.63, 3.8) is 0 Å². The molecule has 7 heteroatoms. The molecular formula is C15H22ClN5O. The summed E-state index contributed by atoms with van der Waals surface area (Å²) in [7, 11) is 3.65. The van der Waals surface area contributed by atoms with Crippen LogP contribution in [0, 0.1) is 19.8 Å². The van der Waals surface area contributed by atoms with E-state index in [9.17, 15) is 4.79 Å². The third-order valence-corrected chi connectivity index (χ3v) is 4.25. The SMILES string of the molecule is Cc1nn(CC(C)C(=O)N(C)Cc2ccn(C)n2)c(C)c1Cl. The Hall–Kier alpha value is -1.82. The highest BCUT2D eigenvalue weighted by Crippen LogP contribution is 2.20. The van der Waals surface area contributed by atoms with Crippen molar-refractivity contribution in [1.29, 1.82) is 0 Å². The Balaban J connectivity index is 2.00. The summed E-state index contributed by atoms with van der Waals surface area (Å²) in [6.45, 7) is 6.71. The molecule has 0 fully saturated rings. The van der Waals surface area contributed by atoms with E-state index >= 15 is 0 Å². The summed E-state index contributed by atoms with van der Waals surface area (Å²) in [5.41, 5.74) is 2.56. The summed E-state index contributed by atoms with van der Waals surface area (Å²) in [6, 6.07) is 1.91. The molecule has 0 aliphatic carbocycles. The first-order chi connectivity index (χ1) is 10.3. The van der Waals surface area contributed by atoms with Crippen LogP contribution in [0.2, 0.25) is 5.02 Å². The van der Waals surface area contributed by atoms with Crippen molar-refractivity contribution in [2.45, 2.75) is 33.9 Å². The van der Waals surface area contributed by atoms with E-state index in [4.69, 9.17) is 11.6 Å². The molecule has 0 aromatic carbocycles. The Labute approximate surface area is 135 Å². The normalized spacial score (nSPS) is 12.5. The van der Waals surface area contributed by atoms with E-state index in [1.54, 1.807) is 21.3 Å². The molecule has 2 rings (SSSR count). The zero-order valence-electron chi connectivity index (χ0n) is 13.7. The fraction of sp³-hybridized carbons (Fsp3) is 0.533. The van der Waals surface area contributed by atoms with Crippen LogP contribution in [0.25, 0.3) is 0 Å². The van der Waals surface area contributed by atoms with Gasteiger partial charge in [0.05, 0.1) is 41.1 Å². The van der Waals surface area contributed by atoms with Crippen LogP contribution in [-0.4, -0.2) is 37.4 Å². The minimum Gasteiger partial charge on any atom is -0.339 e. The van der Waals surface area contributed by atoms with Gasteiger partial charge in [0, 0.05) is 20.3 Å². The summed E-state index contributed by atoms with van der Waals surface area (Å²) in [5, 5.41) is 9.34. The summed E-state index contributed by atoms with van der Waals surface area (Å²) in [5.74, 6) is -0.114. The number of carbonyl (C=O) groups excluding carboxylic acids is 1. The average Bonchev–Trinajstić information content (AvgIpc) is 2.97. The average molecular weight is 324 g/mol. The standard InChI is InChI=1S/C15H22ClN5O/c1-10(8-21-12(3)14(16)11(2)17-21)15(22)19(4)9-13-6-7-20(5)18-13/h6-7,10H,8-9H2,1-5H3. The number of carbonyl (C=O) groups is 1. The number of aromatic nitrogens is 4. The number of amides is 1. The maximum Gasteiger partial charge on any atom is 0.227 e. The van der Waals surface area contributed by atoms with Crippen LogP contribution in [0.15, 0.2) is 12.3 Å². The van der Waals surface area contributed by atoms with Gasteiger partial charge in [-0.3, -0.25) is 14.2 Å². The second-order valence-electron chi connectivity index (χ2n) is 5.74. The molecule has 6 nitrogen and oxygen atoms in total. The third-order valence-electron chi connectivity index (χ3n) is 3.71. The summed E-state index contributed by atoms with van der Waals surface area (Å²) < 4.78 is 3.53. The van der Waals surface area contributed by atoms with Gasteiger partial charge in [-0.1, -0.05) is 18.5 Å². The van der Waals surface area contributed by atoms with Crippen molar-refractivity contribution < 1.29 is 4.79 Å². The molecule has 1 atom stereocenters. The van der Waals surface area contributed by atoms with Crippen LogP contribution < -0.4 is 0 Å². The molecule has 0 saturated carbocycles. The van der Waals surface area contributed by atoms with Crippen LogP contribution in [0.4, 0.5) is 0 Å². The lowest BCUT2D eigenvalue weighted by Crippen LogP contribution is -2.33. The molecular weight excluding hydrogens is 302 g/mol. The van der Waals surface area contributed by atoms with E-state index in [2.05, 4.69) is 10.2 Å². The molecule has 0 spiro atoms. The van der Waals surface area contributed by atoms with Crippen LogP contribution in [0.1, 0.15) is 24.0 Å². The predicted octanol–water partition coefficient (Wildman–Crippen LogP) is 2.18. The van der Waals surface area contributed by atoms with Gasteiger partial charge in [-0.2, -0.15) is 10.2 Å². The van der Waals surface area contributed by atoms with E-state index < -0.39 is 0 Å². The lowest BCUT2D eigenvalue weighted by molar-refractivity contribution is -0.134. The number of nitrogens with zero attached hydrogens (tertiary/aromatic N) is 5. The number of hydrogen-bond acceptors (Lipinski definition) is 3. The Bertz CT molecular complexity index is 676. The summed E-state index contributed by atoms with van der Waals surface area (Å²) >= 11 is 6.14. The van der Waals surface area contributed by atoms with E-state index in [1.165, 1.54) is 0 Å². The zero-order valence-corrected chi connectivity index (χ0v) is 14.4. The van der Waals surface area contributed by atoms with Gasteiger partial charge in [-0.05, 0) is 19.9 Å². The van der Waals surface area contributed by atoms with Crippen LogP contribution >= 0.6 is 11.6 Å². The molecule has 0 bridgehead atoms. The van der Waals surface area contributed by atoms with Crippen molar-refractivity contribution in [3.05, 3.63) is 34.4 Å². The Morgan fingerprint density at radius 3 is 2.59 bits per heavy atom. The van der Waals surface area contributed by atoms with Gasteiger partial charge in [0.25, 0.3) is 0 Å². The molecule has 2 aromatic rings. The highest BCUT2D eigenvalue weighted by molar-refractivity contribution is 6.31. The fourth-order valence-corrected chi connectivity index (χ4v) is 2.57. The highest BCUT2D eigenvalue weighted by atomic mass is 35.5. The molecule has 22 heavy (non-hydrogen) atoms. The molecule has 2 heterocycles. The van der Waals surface area contributed by atoms with Gasteiger partial charge in [0.2, 0.25) is 5.91 Å². The Morgan fingerprint density at radius 2 is 2.09 bits per heavy atom. The van der Waals surface area contributed by atoms with Crippen molar-refractivity contribution in [2.75, 3.05) is 7.05 Å². The number of rotatable bonds is 5.